The molecule has 0 amide bonds. The van der Waals surface area contributed by atoms with Crippen molar-refractivity contribution >= 4 is 26.9 Å². The van der Waals surface area contributed by atoms with Crippen LogP contribution in [0.5, 0.6) is 0 Å². The first-order valence-electron chi connectivity index (χ1n) is 8.77. The Balaban J connectivity index is 1.94. The summed E-state index contributed by atoms with van der Waals surface area (Å²) in [5, 5.41) is 0. The van der Waals surface area contributed by atoms with E-state index in [0.29, 0.717) is 39.7 Å². The van der Waals surface area contributed by atoms with Gasteiger partial charge in [-0.05, 0) is 32.8 Å². The van der Waals surface area contributed by atoms with Crippen molar-refractivity contribution in [3.8, 4) is 11.3 Å². The molecule has 1 aliphatic carbocycles. The van der Waals surface area contributed by atoms with E-state index in [1.807, 2.05) is 0 Å². The summed E-state index contributed by atoms with van der Waals surface area (Å²) in [4.78, 5) is 21.0. The Kier molecular flexibility index (Phi) is 4.06. The molecule has 0 unspecified atom stereocenters. The average Bonchev–Trinajstić information content (AvgIpc) is 3.38. The van der Waals surface area contributed by atoms with E-state index in [0.717, 1.165) is 12.8 Å². The SMILES string of the molecule is CCS(=O)(=O)Nc1cc2nc(C3CC3)oc2c(-c2cc(C)c(=O)n(C)c2)n1. The van der Waals surface area contributed by atoms with Crippen LogP contribution in [0.15, 0.2) is 27.5 Å². The smallest absolute Gasteiger partial charge is 0.253 e. The summed E-state index contributed by atoms with van der Waals surface area (Å²) in [6.07, 6.45) is 3.72. The number of anilines is 1. The highest BCUT2D eigenvalue weighted by atomic mass is 32.2. The van der Waals surface area contributed by atoms with Crippen LogP contribution in [-0.2, 0) is 17.1 Å². The summed E-state index contributed by atoms with van der Waals surface area (Å²) < 4.78 is 33.9. The lowest BCUT2D eigenvalue weighted by atomic mass is 10.1. The van der Waals surface area contributed by atoms with Crippen molar-refractivity contribution in [3.05, 3.63) is 40.1 Å². The molecule has 4 rings (SSSR count). The van der Waals surface area contributed by atoms with Gasteiger partial charge in [0.05, 0.1) is 5.75 Å². The monoisotopic (exact) mass is 388 g/mol. The van der Waals surface area contributed by atoms with Crippen molar-refractivity contribution in [2.75, 3.05) is 10.5 Å². The fourth-order valence-electron chi connectivity index (χ4n) is 2.94. The largest absolute Gasteiger partial charge is 0.438 e. The van der Waals surface area contributed by atoms with E-state index in [9.17, 15) is 13.2 Å². The third kappa shape index (κ3) is 3.34. The molecule has 0 spiro atoms. The third-order valence-electron chi connectivity index (χ3n) is 4.59. The molecule has 0 saturated heterocycles. The molecule has 0 aliphatic heterocycles. The number of hydrogen-bond donors (Lipinski definition) is 1. The molecular weight excluding hydrogens is 368 g/mol. The topological polar surface area (TPSA) is 107 Å². The van der Waals surface area contributed by atoms with Gasteiger partial charge in [0.15, 0.2) is 11.5 Å². The van der Waals surface area contributed by atoms with Gasteiger partial charge in [0.25, 0.3) is 5.56 Å². The van der Waals surface area contributed by atoms with Crippen LogP contribution < -0.4 is 10.3 Å². The van der Waals surface area contributed by atoms with Crippen LogP contribution in [0.25, 0.3) is 22.4 Å². The minimum atomic E-state index is -3.49. The van der Waals surface area contributed by atoms with Crippen LogP contribution in [0.2, 0.25) is 0 Å². The summed E-state index contributed by atoms with van der Waals surface area (Å²) in [5.41, 5.74) is 2.62. The maximum Gasteiger partial charge on any atom is 0.253 e. The molecule has 3 aromatic heterocycles. The Labute approximate surface area is 156 Å². The number of sulfonamides is 1. The Morgan fingerprint density at radius 3 is 2.67 bits per heavy atom. The first-order valence-corrected chi connectivity index (χ1v) is 10.4. The van der Waals surface area contributed by atoms with Gasteiger partial charge in [-0.1, -0.05) is 0 Å². The van der Waals surface area contributed by atoms with E-state index >= 15 is 0 Å². The molecule has 1 aliphatic rings. The number of oxazole rings is 1. The molecule has 3 heterocycles. The molecule has 1 fully saturated rings. The van der Waals surface area contributed by atoms with Gasteiger partial charge in [-0.15, -0.1) is 0 Å². The van der Waals surface area contributed by atoms with Gasteiger partial charge in [0.1, 0.15) is 17.0 Å². The van der Waals surface area contributed by atoms with Crippen LogP contribution in [-0.4, -0.2) is 28.7 Å². The van der Waals surface area contributed by atoms with Gasteiger partial charge in [0, 0.05) is 36.4 Å². The first-order chi connectivity index (χ1) is 12.8. The summed E-state index contributed by atoms with van der Waals surface area (Å²) in [6, 6.07) is 3.30. The van der Waals surface area contributed by atoms with Gasteiger partial charge in [-0.3, -0.25) is 9.52 Å². The van der Waals surface area contributed by atoms with Crippen LogP contribution >= 0.6 is 0 Å². The van der Waals surface area contributed by atoms with E-state index in [-0.39, 0.29) is 17.1 Å². The summed E-state index contributed by atoms with van der Waals surface area (Å²) in [7, 11) is -1.82. The first kappa shape index (κ1) is 17.7. The zero-order chi connectivity index (χ0) is 19.3. The number of aromatic nitrogens is 3. The van der Waals surface area contributed by atoms with Crippen LogP contribution in [0.3, 0.4) is 0 Å². The second kappa shape index (κ2) is 6.19. The van der Waals surface area contributed by atoms with E-state index < -0.39 is 10.0 Å². The van der Waals surface area contributed by atoms with Crippen molar-refractivity contribution in [1.29, 1.82) is 0 Å². The normalized spacial score (nSPS) is 14.6. The molecule has 9 heteroatoms. The zero-order valence-corrected chi connectivity index (χ0v) is 16.1. The average molecular weight is 388 g/mol. The highest BCUT2D eigenvalue weighted by molar-refractivity contribution is 7.92. The lowest BCUT2D eigenvalue weighted by Gasteiger charge is -2.09. The molecule has 1 N–H and O–H groups in total. The summed E-state index contributed by atoms with van der Waals surface area (Å²) in [6.45, 7) is 3.28. The fraction of sp³-hybridized carbons (Fsp3) is 0.389. The molecule has 8 nitrogen and oxygen atoms in total. The van der Waals surface area contributed by atoms with Crippen molar-refractivity contribution in [2.45, 2.75) is 32.6 Å². The second-order valence-corrected chi connectivity index (χ2v) is 8.88. The van der Waals surface area contributed by atoms with Gasteiger partial charge in [-0.25, -0.2) is 18.4 Å². The molecule has 142 valence electrons. The van der Waals surface area contributed by atoms with Crippen molar-refractivity contribution in [2.24, 2.45) is 7.05 Å². The quantitative estimate of drug-likeness (QED) is 0.720. The Bertz CT molecular complexity index is 1180. The number of nitrogens with one attached hydrogen (secondary N) is 1. The van der Waals surface area contributed by atoms with Crippen molar-refractivity contribution in [3.63, 3.8) is 0 Å². The van der Waals surface area contributed by atoms with Crippen LogP contribution in [0.1, 0.15) is 37.1 Å². The van der Waals surface area contributed by atoms with Crippen molar-refractivity contribution < 1.29 is 12.8 Å². The predicted molar refractivity (Wildman–Crippen MR) is 102 cm³/mol. The molecule has 0 atom stereocenters. The zero-order valence-electron chi connectivity index (χ0n) is 15.3. The van der Waals surface area contributed by atoms with E-state index in [1.54, 1.807) is 39.2 Å². The highest BCUT2D eigenvalue weighted by Crippen LogP contribution is 2.42. The number of nitrogens with zero attached hydrogens (tertiary/aromatic N) is 3. The molecule has 1 saturated carbocycles. The molecular formula is C18H20N4O4S. The van der Waals surface area contributed by atoms with Gasteiger partial charge in [0.2, 0.25) is 10.0 Å². The van der Waals surface area contributed by atoms with E-state index in [2.05, 4.69) is 14.7 Å². The number of rotatable bonds is 5. The van der Waals surface area contributed by atoms with Crippen LogP contribution in [0, 0.1) is 6.92 Å². The number of aryl methyl sites for hydroxylation is 2. The van der Waals surface area contributed by atoms with Gasteiger partial charge in [-0.2, -0.15) is 0 Å². The van der Waals surface area contributed by atoms with E-state index in [1.165, 1.54) is 4.57 Å². The molecule has 3 aromatic rings. The third-order valence-corrected chi connectivity index (χ3v) is 5.87. The van der Waals surface area contributed by atoms with Crippen LogP contribution in [0.4, 0.5) is 5.82 Å². The summed E-state index contributed by atoms with van der Waals surface area (Å²) >= 11 is 0. The molecule has 0 radical (unpaired) electrons. The Morgan fingerprint density at radius 2 is 2.04 bits per heavy atom. The maximum absolute atomic E-state index is 12.0. The second-order valence-electron chi connectivity index (χ2n) is 6.86. The number of fused-ring (bicyclic) bond motifs is 1. The standard InChI is InChI=1S/C18H20N4O4S/c1-4-27(24,25)21-14-8-13-16(26-17(19-13)11-5-6-11)15(20-14)12-7-10(2)18(23)22(3)9-12/h7-9,11H,4-6H2,1-3H3,(H,20,21). The minimum absolute atomic E-state index is 0.0624. The lowest BCUT2D eigenvalue weighted by molar-refractivity contribution is 0.533. The predicted octanol–water partition coefficient (Wildman–Crippen LogP) is 2.54. The van der Waals surface area contributed by atoms with Crippen molar-refractivity contribution in [1.82, 2.24) is 14.5 Å². The summed E-state index contributed by atoms with van der Waals surface area (Å²) in [5.74, 6) is 1.07. The lowest BCUT2D eigenvalue weighted by Crippen LogP contribution is -2.18. The fourth-order valence-corrected chi connectivity index (χ4v) is 3.51. The maximum atomic E-state index is 12.0. The van der Waals surface area contributed by atoms with Gasteiger partial charge < -0.3 is 8.98 Å². The van der Waals surface area contributed by atoms with Gasteiger partial charge >= 0.3 is 0 Å². The Hall–Kier alpha value is -2.68. The molecule has 0 bridgehead atoms. The van der Waals surface area contributed by atoms with E-state index in [4.69, 9.17) is 4.42 Å². The number of hydrogen-bond acceptors (Lipinski definition) is 6. The molecule has 27 heavy (non-hydrogen) atoms. The highest BCUT2D eigenvalue weighted by Gasteiger charge is 2.30. The number of pyridine rings is 2. The minimum Gasteiger partial charge on any atom is -0.438 e. The Morgan fingerprint density at radius 1 is 1.30 bits per heavy atom. The molecule has 0 aromatic carbocycles.